The van der Waals surface area contributed by atoms with E-state index >= 15 is 0 Å². The Morgan fingerprint density at radius 2 is 2.16 bits per heavy atom. The number of carbonyl (C=O) groups excluding carboxylic acids is 1. The van der Waals surface area contributed by atoms with E-state index in [1.807, 2.05) is 39.0 Å². The van der Waals surface area contributed by atoms with Gasteiger partial charge in [0.1, 0.15) is 0 Å². The molecule has 0 bridgehead atoms. The number of nitrogens with one attached hydrogen (secondary N) is 3. The van der Waals surface area contributed by atoms with Crippen LogP contribution < -0.4 is 26.8 Å². The van der Waals surface area contributed by atoms with E-state index in [1.165, 1.54) is 0 Å². The van der Waals surface area contributed by atoms with Crippen LogP contribution in [0.25, 0.3) is 11.8 Å². The fraction of sp³-hybridized carbons (Fsp3) is 0.263. The van der Waals surface area contributed by atoms with Gasteiger partial charge in [0.15, 0.2) is 0 Å². The Balaban J connectivity index is 1.87. The SMILES string of the molecule is CC1=c2c(C)c(CC(=O)N[C@@H](C)c3cccnc3)c(=O)[nH]c2=C[CH]N1. The average molecular weight is 337 g/mol. The number of rotatable bonds is 4. The molecule has 6 nitrogen and oxygen atoms in total. The topological polar surface area (TPSA) is 86.9 Å². The van der Waals surface area contributed by atoms with E-state index in [2.05, 4.69) is 20.6 Å². The van der Waals surface area contributed by atoms with Crippen molar-refractivity contribution in [1.29, 1.82) is 0 Å². The normalized spacial score (nSPS) is 14.1. The quantitative estimate of drug-likeness (QED) is 0.742. The van der Waals surface area contributed by atoms with E-state index in [9.17, 15) is 9.59 Å². The molecule has 25 heavy (non-hydrogen) atoms. The van der Waals surface area contributed by atoms with Crippen molar-refractivity contribution < 1.29 is 4.79 Å². The number of fused-ring (bicyclic) bond motifs is 1. The van der Waals surface area contributed by atoms with E-state index in [4.69, 9.17) is 0 Å². The first-order valence-electron chi connectivity index (χ1n) is 8.19. The van der Waals surface area contributed by atoms with Gasteiger partial charge < -0.3 is 15.6 Å². The number of nitrogens with zero attached hydrogens (tertiary/aromatic N) is 1. The van der Waals surface area contributed by atoms with Crippen LogP contribution in [0.5, 0.6) is 0 Å². The second-order valence-corrected chi connectivity index (χ2v) is 6.20. The van der Waals surface area contributed by atoms with Gasteiger partial charge in [0.25, 0.3) is 5.56 Å². The first kappa shape index (κ1) is 17.0. The van der Waals surface area contributed by atoms with Crippen LogP contribution >= 0.6 is 0 Å². The lowest BCUT2D eigenvalue weighted by atomic mass is 10.0. The molecule has 0 saturated carbocycles. The van der Waals surface area contributed by atoms with E-state index in [1.54, 1.807) is 18.9 Å². The number of carbonyl (C=O) groups is 1. The molecule has 3 rings (SSSR count). The summed E-state index contributed by atoms with van der Waals surface area (Å²) in [6.07, 6.45) is 5.27. The van der Waals surface area contributed by atoms with Crippen molar-refractivity contribution in [3.8, 4) is 0 Å². The summed E-state index contributed by atoms with van der Waals surface area (Å²) in [5.41, 5.74) is 2.98. The molecule has 3 heterocycles. The van der Waals surface area contributed by atoms with Crippen molar-refractivity contribution in [2.75, 3.05) is 0 Å². The summed E-state index contributed by atoms with van der Waals surface area (Å²) >= 11 is 0. The molecule has 0 unspecified atom stereocenters. The first-order chi connectivity index (χ1) is 12.0. The molecule has 1 amide bonds. The fourth-order valence-corrected chi connectivity index (χ4v) is 3.10. The van der Waals surface area contributed by atoms with Gasteiger partial charge in [0.05, 0.1) is 19.0 Å². The minimum absolute atomic E-state index is 0.0377. The predicted molar refractivity (Wildman–Crippen MR) is 96.5 cm³/mol. The van der Waals surface area contributed by atoms with Crippen LogP contribution in [0.3, 0.4) is 0 Å². The first-order valence-corrected chi connectivity index (χ1v) is 8.19. The highest BCUT2D eigenvalue weighted by Gasteiger charge is 2.16. The fourth-order valence-electron chi connectivity index (χ4n) is 3.10. The standard InChI is InChI=1S/C19H21N4O2/c1-11-15(19(25)23-16-6-8-21-13(3)18(11)16)9-17(24)22-12(2)14-5-4-7-20-10-14/h4-8,10,12,21H,9H2,1-3H3,(H,22,24)(H,23,25)/t12-/m0/s1. The van der Waals surface area contributed by atoms with Gasteiger partial charge in [0.2, 0.25) is 5.91 Å². The van der Waals surface area contributed by atoms with Gasteiger partial charge in [-0.1, -0.05) is 6.07 Å². The highest BCUT2D eigenvalue weighted by molar-refractivity contribution is 5.79. The minimum Gasteiger partial charge on any atom is -0.379 e. The number of H-pyrrole nitrogens is 1. The Kier molecular flexibility index (Phi) is 4.70. The lowest BCUT2D eigenvalue weighted by Crippen LogP contribution is -2.45. The Hall–Kier alpha value is -2.89. The van der Waals surface area contributed by atoms with Crippen molar-refractivity contribution in [1.82, 2.24) is 20.6 Å². The zero-order valence-corrected chi connectivity index (χ0v) is 14.5. The van der Waals surface area contributed by atoms with Gasteiger partial charge in [-0.2, -0.15) is 0 Å². The number of aromatic nitrogens is 2. The van der Waals surface area contributed by atoms with Gasteiger partial charge in [0, 0.05) is 34.2 Å². The molecule has 1 atom stereocenters. The second kappa shape index (κ2) is 6.93. The Bertz CT molecular complexity index is 977. The molecule has 0 aromatic carbocycles. The maximum atomic E-state index is 12.4. The number of aromatic amines is 1. The van der Waals surface area contributed by atoms with Crippen LogP contribution in [0, 0.1) is 13.5 Å². The van der Waals surface area contributed by atoms with E-state index in [-0.39, 0.29) is 23.9 Å². The van der Waals surface area contributed by atoms with Gasteiger partial charge in [-0.15, -0.1) is 0 Å². The summed E-state index contributed by atoms with van der Waals surface area (Å²) in [7, 11) is 0. The summed E-state index contributed by atoms with van der Waals surface area (Å²) in [6, 6.07) is 3.57. The maximum Gasteiger partial charge on any atom is 0.252 e. The number of amides is 1. The van der Waals surface area contributed by atoms with Crippen LogP contribution in [0.2, 0.25) is 0 Å². The van der Waals surface area contributed by atoms with Gasteiger partial charge in [-0.05, 0) is 44.0 Å². The summed E-state index contributed by atoms with van der Waals surface area (Å²) in [5, 5.41) is 7.78. The molecule has 3 N–H and O–H groups in total. The highest BCUT2D eigenvalue weighted by Crippen LogP contribution is 2.10. The third-order valence-electron chi connectivity index (χ3n) is 4.44. The molecule has 2 aromatic heterocycles. The molecule has 0 saturated heterocycles. The molecule has 6 heteroatoms. The summed E-state index contributed by atoms with van der Waals surface area (Å²) in [6.45, 7) is 7.51. The van der Waals surface area contributed by atoms with E-state index in [0.29, 0.717) is 5.56 Å². The molecule has 129 valence electrons. The Morgan fingerprint density at radius 1 is 1.36 bits per heavy atom. The molecular weight excluding hydrogens is 316 g/mol. The molecule has 0 spiro atoms. The molecule has 2 aromatic rings. The lowest BCUT2D eigenvalue weighted by molar-refractivity contribution is -0.121. The third-order valence-corrected chi connectivity index (χ3v) is 4.44. The second-order valence-electron chi connectivity index (χ2n) is 6.20. The Labute approximate surface area is 145 Å². The Morgan fingerprint density at radius 3 is 2.88 bits per heavy atom. The van der Waals surface area contributed by atoms with Gasteiger partial charge in [-0.25, -0.2) is 0 Å². The summed E-state index contributed by atoms with van der Waals surface area (Å²) < 4.78 is 0. The molecular formula is C19H21N4O2. The van der Waals surface area contributed by atoms with Crippen molar-refractivity contribution >= 4 is 17.7 Å². The number of hydrogen-bond acceptors (Lipinski definition) is 4. The van der Waals surface area contributed by atoms with Gasteiger partial charge in [-0.3, -0.25) is 14.6 Å². The van der Waals surface area contributed by atoms with E-state index in [0.717, 1.165) is 27.4 Å². The number of hydrogen-bond donors (Lipinski definition) is 3. The van der Waals surface area contributed by atoms with Crippen molar-refractivity contribution in [3.63, 3.8) is 0 Å². The van der Waals surface area contributed by atoms with Crippen LogP contribution in [0.15, 0.2) is 29.3 Å². The molecule has 0 aliphatic carbocycles. The van der Waals surface area contributed by atoms with Crippen molar-refractivity contribution in [2.24, 2.45) is 0 Å². The van der Waals surface area contributed by atoms with Crippen molar-refractivity contribution in [2.45, 2.75) is 33.2 Å². The zero-order valence-electron chi connectivity index (χ0n) is 14.5. The summed E-state index contributed by atoms with van der Waals surface area (Å²) in [5.74, 6) is -0.193. The van der Waals surface area contributed by atoms with Crippen LogP contribution in [-0.2, 0) is 11.2 Å². The lowest BCUT2D eigenvalue weighted by Gasteiger charge is -2.16. The molecule has 1 aliphatic heterocycles. The van der Waals surface area contributed by atoms with Crippen LogP contribution in [0.1, 0.15) is 36.6 Å². The maximum absolute atomic E-state index is 12.4. The van der Waals surface area contributed by atoms with Crippen molar-refractivity contribution in [3.05, 3.63) is 68.7 Å². The average Bonchev–Trinajstić information content (AvgIpc) is 2.59. The zero-order chi connectivity index (χ0) is 18.0. The minimum atomic E-state index is -0.222. The van der Waals surface area contributed by atoms with Gasteiger partial charge >= 0.3 is 0 Å². The smallest absolute Gasteiger partial charge is 0.252 e. The monoisotopic (exact) mass is 337 g/mol. The van der Waals surface area contributed by atoms with Crippen LogP contribution in [-0.4, -0.2) is 15.9 Å². The van der Waals surface area contributed by atoms with Crippen LogP contribution in [0.4, 0.5) is 0 Å². The summed E-state index contributed by atoms with van der Waals surface area (Å²) in [4.78, 5) is 31.8. The predicted octanol–water partition coefficient (Wildman–Crippen LogP) is 0.172. The third kappa shape index (κ3) is 3.47. The van der Waals surface area contributed by atoms with E-state index < -0.39 is 0 Å². The number of pyridine rings is 2. The molecule has 0 fully saturated rings. The molecule has 1 radical (unpaired) electrons. The highest BCUT2D eigenvalue weighted by atomic mass is 16.2. The molecule has 1 aliphatic rings. The largest absolute Gasteiger partial charge is 0.379 e.